The van der Waals surface area contributed by atoms with E-state index >= 15 is 0 Å². The Kier molecular flexibility index (Phi) is 2.44. The zero-order valence-corrected chi connectivity index (χ0v) is 11.0. The molecule has 4 heteroatoms. The van der Waals surface area contributed by atoms with Crippen LogP contribution in [-0.2, 0) is 0 Å². The number of ether oxygens (including phenoxy) is 2. The third-order valence-electron chi connectivity index (χ3n) is 3.68. The van der Waals surface area contributed by atoms with Crippen molar-refractivity contribution in [3.8, 4) is 22.6 Å². The van der Waals surface area contributed by atoms with E-state index in [1.807, 2.05) is 30.3 Å². The molecular weight excluding hydrogens is 268 g/mol. The molecule has 0 saturated heterocycles. The fourth-order valence-electron chi connectivity index (χ4n) is 2.64. The van der Waals surface area contributed by atoms with E-state index in [0.29, 0.717) is 17.1 Å². The Morgan fingerprint density at radius 3 is 2.33 bits per heavy atom. The summed E-state index contributed by atoms with van der Waals surface area (Å²) in [4.78, 5) is 0. The normalized spacial score (nSPS) is 20.2. The lowest BCUT2D eigenvalue weighted by Gasteiger charge is -2.15. The maximum Gasteiger partial charge on any atom is 0.231 e. The van der Waals surface area contributed by atoms with Crippen molar-refractivity contribution in [3.63, 3.8) is 0 Å². The van der Waals surface area contributed by atoms with E-state index in [-0.39, 0.29) is 18.3 Å². The monoisotopic (exact) mass is 280 g/mol. The molecule has 1 aliphatic heterocycles. The summed E-state index contributed by atoms with van der Waals surface area (Å²) in [6, 6.07) is 11.2. The van der Waals surface area contributed by atoms with Crippen molar-refractivity contribution in [2.75, 3.05) is 6.79 Å². The second kappa shape index (κ2) is 4.31. The summed E-state index contributed by atoms with van der Waals surface area (Å²) in [5.41, 5.74) is 3.23. The van der Waals surface area contributed by atoms with Crippen molar-refractivity contribution >= 4 is 11.8 Å². The molecule has 0 amide bonds. The number of allylic oxidation sites excluding steroid dienone is 1. The molecule has 4 nitrogen and oxygen atoms in total. The number of hydrogen-bond donors (Lipinski definition) is 2. The highest BCUT2D eigenvalue weighted by Gasteiger charge is 2.21. The van der Waals surface area contributed by atoms with Crippen molar-refractivity contribution in [2.45, 2.75) is 0 Å². The second-order valence-corrected chi connectivity index (χ2v) is 4.91. The van der Waals surface area contributed by atoms with E-state index in [0.717, 1.165) is 16.7 Å². The van der Waals surface area contributed by atoms with E-state index in [1.165, 1.54) is 6.08 Å². The third kappa shape index (κ3) is 1.76. The lowest BCUT2D eigenvalue weighted by Crippen LogP contribution is -1.96. The van der Waals surface area contributed by atoms with Crippen LogP contribution < -0.4 is 9.47 Å². The van der Waals surface area contributed by atoms with Crippen molar-refractivity contribution < 1.29 is 19.7 Å². The highest BCUT2D eigenvalue weighted by Crippen LogP contribution is 2.42. The van der Waals surface area contributed by atoms with E-state index in [1.54, 1.807) is 12.1 Å². The van der Waals surface area contributed by atoms with Gasteiger partial charge in [0.2, 0.25) is 6.79 Å². The van der Waals surface area contributed by atoms with Crippen LogP contribution in [0.2, 0.25) is 0 Å². The summed E-state index contributed by atoms with van der Waals surface area (Å²) in [7, 11) is 0. The third-order valence-corrected chi connectivity index (χ3v) is 3.68. The minimum absolute atomic E-state index is 0.134. The Bertz CT molecular complexity index is 802. The molecule has 0 aromatic heterocycles. The Morgan fingerprint density at radius 1 is 0.810 bits per heavy atom. The maximum absolute atomic E-state index is 10.2. The molecule has 0 saturated carbocycles. The standard InChI is InChI=1S/C17H12O4/c18-14-6-5-10-7-15-16(21-9-20-15)8-13(10)11-3-1-2-4-12(11)17(14)19/h1-8,18-19H,9H2/b6-5-,10-5?,13-11?,14-6?,17-12?,17-14+. The number of benzene rings is 2. The summed E-state index contributed by atoms with van der Waals surface area (Å²) in [6.07, 6.45) is 3.23. The Morgan fingerprint density at radius 2 is 1.52 bits per heavy atom. The molecule has 2 aliphatic rings. The summed E-state index contributed by atoms with van der Waals surface area (Å²) in [5, 5.41) is 20.1. The van der Waals surface area contributed by atoms with Crippen LogP contribution in [0.1, 0.15) is 11.1 Å². The number of aliphatic hydroxyl groups excluding tert-OH is 2. The predicted molar refractivity (Wildman–Crippen MR) is 79.2 cm³/mol. The minimum atomic E-state index is -0.161. The Hall–Kier alpha value is -2.88. The summed E-state index contributed by atoms with van der Waals surface area (Å²) in [6.45, 7) is 0.207. The van der Waals surface area contributed by atoms with Gasteiger partial charge in [-0.15, -0.1) is 0 Å². The van der Waals surface area contributed by atoms with E-state index < -0.39 is 0 Å². The van der Waals surface area contributed by atoms with Gasteiger partial charge in [0, 0.05) is 5.56 Å². The van der Waals surface area contributed by atoms with E-state index in [9.17, 15) is 10.2 Å². The molecular formula is C17H12O4. The Balaban J connectivity index is 2.05. The van der Waals surface area contributed by atoms with Crippen molar-refractivity contribution in [2.24, 2.45) is 0 Å². The van der Waals surface area contributed by atoms with Crippen molar-refractivity contribution in [1.82, 2.24) is 0 Å². The zero-order valence-electron chi connectivity index (χ0n) is 11.0. The first-order chi connectivity index (χ1) is 10.2. The predicted octanol–water partition coefficient (Wildman–Crippen LogP) is 3.89. The maximum atomic E-state index is 10.2. The van der Waals surface area contributed by atoms with Crippen LogP contribution in [0.4, 0.5) is 0 Å². The van der Waals surface area contributed by atoms with Gasteiger partial charge < -0.3 is 19.7 Å². The second-order valence-electron chi connectivity index (χ2n) is 4.91. The SMILES string of the molecule is OC1=C(/O)c2ccccc2-c2cc3c(cc2/C=C\1)OCO3. The Labute approximate surface area is 121 Å². The summed E-state index contributed by atoms with van der Waals surface area (Å²) in [5.74, 6) is 1.07. The molecule has 2 aromatic rings. The van der Waals surface area contributed by atoms with Crippen LogP contribution in [0, 0.1) is 0 Å². The molecule has 2 N–H and O–H groups in total. The van der Waals surface area contributed by atoms with Crippen LogP contribution in [0.5, 0.6) is 11.5 Å². The molecule has 1 aliphatic carbocycles. The molecule has 0 fully saturated rings. The molecule has 21 heavy (non-hydrogen) atoms. The zero-order chi connectivity index (χ0) is 14.4. The largest absolute Gasteiger partial charge is 0.504 e. The molecule has 0 unspecified atom stereocenters. The van der Waals surface area contributed by atoms with Gasteiger partial charge >= 0.3 is 0 Å². The van der Waals surface area contributed by atoms with Gasteiger partial charge in [-0.2, -0.15) is 0 Å². The minimum Gasteiger partial charge on any atom is -0.504 e. The highest BCUT2D eigenvalue weighted by molar-refractivity contribution is 5.88. The van der Waals surface area contributed by atoms with E-state index in [2.05, 4.69) is 0 Å². The van der Waals surface area contributed by atoms with Crippen LogP contribution in [0.25, 0.3) is 23.0 Å². The topological polar surface area (TPSA) is 58.9 Å². The average Bonchev–Trinajstić information content (AvgIpc) is 2.97. The first-order valence-corrected chi connectivity index (χ1v) is 6.58. The van der Waals surface area contributed by atoms with E-state index in [4.69, 9.17) is 9.47 Å². The van der Waals surface area contributed by atoms with Gasteiger partial charge in [-0.1, -0.05) is 30.3 Å². The van der Waals surface area contributed by atoms with Gasteiger partial charge in [0.15, 0.2) is 23.0 Å². The summed E-state index contributed by atoms with van der Waals surface area (Å²) < 4.78 is 10.8. The number of hydrogen-bond acceptors (Lipinski definition) is 4. The fourth-order valence-corrected chi connectivity index (χ4v) is 2.64. The molecule has 0 spiro atoms. The van der Waals surface area contributed by atoms with Gasteiger partial charge in [-0.3, -0.25) is 0 Å². The van der Waals surface area contributed by atoms with Gasteiger partial charge in [0.05, 0.1) is 0 Å². The van der Waals surface area contributed by atoms with Gasteiger partial charge in [0.25, 0.3) is 0 Å². The molecule has 4 rings (SSSR count). The van der Waals surface area contributed by atoms with Crippen LogP contribution in [0.3, 0.4) is 0 Å². The molecule has 0 radical (unpaired) electrons. The summed E-state index contributed by atoms with van der Waals surface area (Å²) >= 11 is 0. The number of fused-ring (bicyclic) bond motifs is 4. The molecule has 104 valence electrons. The van der Waals surface area contributed by atoms with Crippen LogP contribution in [0.15, 0.2) is 48.2 Å². The van der Waals surface area contributed by atoms with Crippen LogP contribution in [-0.4, -0.2) is 17.0 Å². The van der Waals surface area contributed by atoms with Crippen LogP contribution >= 0.6 is 0 Å². The van der Waals surface area contributed by atoms with Gasteiger partial charge in [-0.05, 0) is 34.9 Å². The first-order valence-electron chi connectivity index (χ1n) is 6.58. The molecule has 0 bridgehead atoms. The van der Waals surface area contributed by atoms with Crippen molar-refractivity contribution in [1.29, 1.82) is 0 Å². The quantitative estimate of drug-likeness (QED) is 0.768. The van der Waals surface area contributed by atoms with Gasteiger partial charge in [-0.25, -0.2) is 0 Å². The number of aliphatic hydroxyl groups is 2. The van der Waals surface area contributed by atoms with Crippen molar-refractivity contribution in [3.05, 3.63) is 59.4 Å². The lowest BCUT2D eigenvalue weighted by atomic mass is 9.92. The first kappa shape index (κ1) is 11.9. The molecule has 0 atom stereocenters. The van der Waals surface area contributed by atoms with Gasteiger partial charge in [0.1, 0.15) is 0 Å². The fraction of sp³-hybridized carbons (Fsp3) is 0.0588. The average molecular weight is 280 g/mol. The molecule has 1 heterocycles. The molecule has 2 aromatic carbocycles. The highest BCUT2D eigenvalue weighted by atomic mass is 16.7. The number of rotatable bonds is 0. The lowest BCUT2D eigenvalue weighted by molar-refractivity contribution is 0.174. The smallest absolute Gasteiger partial charge is 0.231 e.